The quantitative estimate of drug-likeness (QED) is 0.856. The first-order valence-electron chi connectivity index (χ1n) is 5.21. The molecule has 1 fully saturated rings. The first kappa shape index (κ1) is 11.1. The number of halogens is 1. The fourth-order valence-electron chi connectivity index (χ4n) is 1.53. The van der Waals surface area contributed by atoms with Crippen LogP contribution in [0.1, 0.15) is 18.9 Å². The summed E-state index contributed by atoms with van der Waals surface area (Å²) in [7, 11) is 1.72. The van der Waals surface area contributed by atoms with Crippen LogP contribution in [0.2, 0.25) is 0 Å². The highest BCUT2D eigenvalue weighted by Gasteiger charge is 2.22. The molecule has 0 aliphatic heterocycles. The molecular formula is C10H16BrN3O. The van der Waals surface area contributed by atoms with Crippen LogP contribution in [0.4, 0.5) is 0 Å². The Morgan fingerprint density at radius 3 is 3.07 bits per heavy atom. The lowest BCUT2D eigenvalue weighted by molar-refractivity contribution is 0.148. The summed E-state index contributed by atoms with van der Waals surface area (Å²) in [5.74, 6) is 0. The van der Waals surface area contributed by atoms with Crippen molar-refractivity contribution < 1.29 is 4.74 Å². The van der Waals surface area contributed by atoms with Crippen LogP contribution in [0.25, 0.3) is 0 Å². The van der Waals surface area contributed by atoms with Crippen LogP contribution in [0.15, 0.2) is 16.9 Å². The van der Waals surface area contributed by atoms with Crippen LogP contribution >= 0.6 is 15.9 Å². The molecule has 0 spiro atoms. The van der Waals surface area contributed by atoms with Gasteiger partial charge in [0.25, 0.3) is 0 Å². The van der Waals surface area contributed by atoms with E-state index in [0.29, 0.717) is 6.61 Å². The third kappa shape index (κ3) is 3.29. The Morgan fingerprint density at radius 1 is 1.73 bits per heavy atom. The third-order valence-corrected chi connectivity index (χ3v) is 2.93. The van der Waals surface area contributed by atoms with E-state index in [1.807, 2.05) is 10.9 Å². The molecule has 1 saturated carbocycles. The molecule has 1 aromatic rings. The fourth-order valence-corrected chi connectivity index (χ4v) is 1.83. The van der Waals surface area contributed by atoms with Crippen molar-refractivity contribution in [2.24, 2.45) is 0 Å². The lowest BCUT2D eigenvalue weighted by Crippen LogP contribution is -2.30. The fraction of sp³-hybridized carbons (Fsp3) is 0.700. The highest BCUT2D eigenvalue weighted by Crippen LogP contribution is 2.20. The summed E-state index contributed by atoms with van der Waals surface area (Å²) in [4.78, 5) is 0. The number of nitrogens with zero attached hydrogens (tertiary/aromatic N) is 2. The van der Waals surface area contributed by atoms with E-state index in [1.54, 1.807) is 13.3 Å². The zero-order valence-corrected chi connectivity index (χ0v) is 10.4. The van der Waals surface area contributed by atoms with Crippen molar-refractivity contribution in [3.8, 4) is 0 Å². The molecule has 1 aliphatic carbocycles. The van der Waals surface area contributed by atoms with Gasteiger partial charge in [0.05, 0.1) is 23.3 Å². The van der Waals surface area contributed by atoms with Gasteiger partial charge in [0.1, 0.15) is 0 Å². The molecule has 1 heterocycles. The van der Waals surface area contributed by atoms with Crippen LogP contribution in [0, 0.1) is 0 Å². The topological polar surface area (TPSA) is 39.1 Å². The van der Waals surface area contributed by atoms with Crippen molar-refractivity contribution in [1.82, 2.24) is 15.1 Å². The van der Waals surface area contributed by atoms with E-state index in [1.165, 1.54) is 12.8 Å². The lowest BCUT2D eigenvalue weighted by Gasteiger charge is -2.17. The molecule has 4 nitrogen and oxygen atoms in total. The molecule has 0 bridgehead atoms. The maximum Gasteiger partial charge on any atom is 0.0876 e. The van der Waals surface area contributed by atoms with Crippen molar-refractivity contribution >= 4 is 15.9 Å². The minimum atomic E-state index is 0.280. The van der Waals surface area contributed by atoms with Crippen molar-refractivity contribution in [2.45, 2.75) is 24.9 Å². The van der Waals surface area contributed by atoms with Gasteiger partial charge < -0.3 is 10.1 Å². The van der Waals surface area contributed by atoms with Crippen LogP contribution in [0.3, 0.4) is 0 Å². The Bertz CT molecular complexity index is 311. The van der Waals surface area contributed by atoms with Gasteiger partial charge in [-0.15, -0.1) is 0 Å². The van der Waals surface area contributed by atoms with Gasteiger partial charge in [0.2, 0.25) is 0 Å². The van der Waals surface area contributed by atoms with Gasteiger partial charge in [-0.3, -0.25) is 4.68 Å². The number of nitrogens with one attached hydrogen (secondary N) is 1. The summed E-state index contributed by atoms with van der Waals surface area (Å²) in [6.45, 7) is 1.61. The molecule has 1 N–H and O–H groups in total. The number of hydrogen-bond donors (Lipinski definition) is 1. The molecule has 0 radical (unpaired) electrons. The standard InChI is InChI=1S/C10H16BrN3O/c1-15-7-10(5-12-9-2-3-9)14-6-8(11)4-13-14/h4,6,9-10,12H,2-3,5,7H2,1H3. The van der Waals surface area contributed by atoms with E-state index < -0.39 is 0 Å². The highest BCUT2D eigenvalue weighted by molar-refractivity contribution is 9.10. The molecule has 1 aromatic heterocycles. The summed E-state index contributed by atoms with van der Waals surface area (Å²) in [6.07, 6.45) is 6.41. The van der Waals surface area contributed by atoms with Gasteiger partial charge in [0, 0.05) is 25.9 Å². The summed E-state index contributed by atoms with van der Waals surface area (Å²) < 4.78 is 8.16. The molecule has 84 valence electrons. The second-order valence-electron chi connectivity index (χ2n) is 3.93. The minimum absolute atomic E-state index is 0.280. The van der Waals surface area contributed by atoms with Crippen LogP contribution in [0.5, 0.6) is 0 Å². The number of methoxy groups -OCH3 is 1. The normalized spacial score (nSPS) is 18.0. The van der Waals surface area contributed by atoms with Gasteiger partial charge in [-0.05, 0) is 28.8 Å². The van der Waals surface area contributed by atoms with Crippen molar-refractivity contribution in [3.63, 3.8) is 0 Å². The summed E-state index contributed by atoms with van der Waals surface area (Å²) >= 11 is 3.40. The van der Waals surface area contributed by atoms with E-state index in [4.69, 9.17) is 4.74 Å². The predicted molar refractivity (Wildman–Crippen MR) is 61.9 cm³/mol. The maximum atomic E-state index is 5.20. The number of rotatable bonds is 6. The van der Waals surface area contributed by atoms with Crippen LogP contribution in [-0.2, 0) is 4.74 Å². The summed E-state index contributed by atoms with van der Waals surface area (Å²) in [5, 5.41) is 7.78. The highest BCUT2D eigenvalue weighted by atomic mass is 79.9. The zero-order chi connectivity index (χ0) is 10.7. The van der Waals surface area contributed by atoms with Gasteiger partial charge in [-0.2, -0.15) is 5.10 Å². The average Bonchev–Trinajstić information content (AvgIpc) is 2.95. The van der Waals surface area contributed by atoms with Crippen LogP contribution < -0.4 is 5.32 Å². The molecule has 2 rings (SSSR count). The monoisotopic (exact) mass is 273 g/mol. The first-order chi connectivity index (χ1) is 7.29. The Hall–Kier alpha value is -0.390. The summed E-state index contributed by atoms with van der Waals surface area (Å²) in [6, 6.07) is 1.00. The largest absolute Gasteiger partial charge is 0.382 e. The summed E-state index contributed by atoms with van der Waals surface area (Å²) in [5.41, 5.74) is 0. The Morgan fingerprint density at radius 2 is 2.53 bits per heavy atom. The van der Waals surface area contributed by atoms with Gasteiger partial charge in [0.15, 0.2) is 0 Å². The van der Waals surface area contributed by atoms with Gasteiger partial charge in [-0.25, -0.2) is 0 Å². The molecule has 1 aliphatic rings. The second kappa shape index (κ2) is 5.09. The molecule has 15 heavy (non-hydrogen) atoms. The molecule has 5 heteroatoms. The van der Waals surface area contributed by atoms with Gasteiger partial charge in [-0.1, -0.05) is 0 Å². The number of ether oxygens (including phenoxy) is 1. The SMILES string of the molecule is COCC(CNC1CC1)n1cc(Br)cn1. The average molecular weight is 274 g/mol. The van der Waals surface area contributed by atoms with Crippen molar-refractivity contribution in [1.29, 1.82) is 0 Å². The second-order valence-corrected chi connectivity index (χ2v) is 4.85. The van der Waals surface area contributed by atoms with E-state index in [9.17, 15) is 0 Å². The van der Waals surface area contributed by atoms with Crippen molar-refractivity contribution in [2.75, 3.05) is 20.3 Å². The molecule has 0 saturated heterocycles. The maximum absolute atomic E-state index is 5.20. The smallest absolute Gasteiger partial charge is 0.0876 e. The minimum Gasteiger partial charge on any atom is -0.382 e. The molecular weight excluding hydrogens is 258 g/mol. The molecule has 1 atom stereocenters. The first-order valence-corrected chi connectivity index (χ1v) is 6.01. The lowest BCUT2D eigenvalue weighted by atomic mass is 10.3. The molecule has 1 unspecified atom stereocenters. The van der Waals surface area contributed by atoms with E-state index >= 15 is 0 Å². The Balaban J connectivity index is 1.91. The molecule has 0 amide bonds. The third-order valence-electron chi connectivity index (χ3n) is 2.52. The Kier molecular flexibility index (Phi) is 3.77. The van der Waals surface area contributed by atoms with Gasteiger partial charge >= 0.3 is 0 Å². The van der Waals surface area contributed by atoms with Crippen molar-refractivity contribution in [3.05, 3.63) is 16.9 Å². The van der Waals surface area contributed by atoms with E-state index in [-0.39, 0.29) is 6.04 Å². The van der Waals surface area contributed by atoms with E-state index in [0.717, 1.165) is 17.1 Å². The number of hydrogen-bond acceptors (Lipinski definition) is 3. The Labute approximate surface area is 98.1 Å². The predicted octanol–water partition coefficient (Wildman–Crippen LogP) is 1.59. The van der Waals surface area contributed by atoms with Crippen LogP contribution in [-0.4, -0.2) is 36.1 Å². The molecule has 0 aromatic carbocycles. The van der Waals surface area contributed by atoms with E-state index in [2.05, 4.69) is 26.3 Å². The zero-order valence-electron chi connectivity index (χ0n) is 8.82. The number of aromatic nitrogens is 2.